The van der Waals surface area contributed by atoms with Crippen molar-refractivity contribution in [3.63, 3.8) is 0 Å². The van der Waals surface area contributed by atoms with Crippen molar-refractivity contribution in [1.82, 2.24) is 5.32 Å². The van der Waals surface area contributed by atoms with Crippen molar-refractivity contribution >= 4 is 9.84 Å². The molecule has 0 aromatic heterocycles. The molecular formula is C12H16FNO2S. The SMILES string of the molecule is Cc1cc(S(=O)(=O)C2CCNCC2)ccc1F. The van der Waals surface area contributed by atoms with E-state index in [0.717, 1.165) is 13.1 Å². The summed E-state index contributed by atoms with van der Waals surface area (Å²) in [5.74, 6) is -0.366. The third kappa shape index (κ3) is 2.50. The van der Waals surface area contributed by atoms with Gasteiger partial charge < -0.3 is 5.32 Å². The van der Waals surface area contributed by atoms with E-state index in [0.29, 0.717) is 18.4 Å². The monoisotopic (exact) mass is 257 g/mol. The number of hydrogen-bond acceptors (Lipinski definition) is 3. The van der Waals surface area contributed by atoms with Gasteiger partial charge in [0.2, 0.25) is 0 Å². The average Bonchev–Trinajstić information content (AvgIpc) is 2.33. The molecule has 1 heterocycles. The summed E-state index contributed by atoms with van der Waals surface area (Å²) in [5, 5.41) is 2.80. The molecule has 0 spiro atoms. The lowest BCUT2D eigenvalue weighted by atomic mass is 10.2. The van der Waals surface area contributed by atoms with E-state index in [9.17, 15) is 12.8 Å². The molecule has 0 atom stereocenters. The van der Waals surface area contributed by atoms with Crippen LogP contribution in [0.1, 0.15) is 18.4 Å². The van der Waals surface area contributed by atoms with Gasteiger partial charge in [0.1, 0.15) is 5.82 Å². The molecule has 0 aliphatic carbocycles. The van der Waals surface area contributed by atoms with Crippen molar-refractivity contribution in [2.75, 3.05) is 13.1 Å². The predicted molar refractivity (Wildman–Crippen MR) is 64.2 cm³/mol. The maximum absolute atomic E-state index is 13.1. The summed E-state index contributed by atoms with van der Waals surface area (Å²) in [6.07, 6.45) is 1.25. The van der Waals surface area contributed by atoms with Gasteiger partial charge in [-0.05, 0) is 56.6 Å². The fourth-order valence-corrected chi connectivity index (χ4v) is 3.93. The fraction of sp³-hybridized carbons (Fsp3) is 0.500. The standard InChI is InChI=1S/C12H16FNO2S/c1-9-8-11(2-3-12(9)13)17(15,16)10-4-6-14-7-5-10/h2-3,8,10,14H,4-7H2,1H3. The largest absolute Gasteiger partial charge is 0.317 e. The van der Waals surface area contributed by atoms with Crippen molar-refractivity contribution in [3.05, 3.63) is 29.6 Å². The molecule has 0 bridgehead atoms. The Kier molecular flexibility index (Phi) is 3.49. The van der Waals surface area contributed by atoms with Gasteiger partial charge in [0.15, 0.2) is 9.84 Å². The number of nitrogens with one attached hydrogen (secondary N) is 1. The number of piperidine rings is 1. The average molecular weight is 257 g/mol. The zero-order valence-electron chi connectivity index (χ0n) is 9.74. The third-order valence-corrected chi connectivity index (χ3v) is 5.44. The van der Waals surface area contributed by atoms with E-state index in [1.807, 2.05) is 0 Å². The van der Waals surface area contributed by atoms with Crippen LogP contribution in [0.3, 0.4) is 0 Å². The first kappa shape index (κ1) is 12.5. The van der Waals surface area contributed by atoms with Crippen molar-refractivity contribution < 1.29 is 12.8 Å². The van der Waals surface area contributed by atoms with E-state index >= 15 is 0 Å². The zero-order chi connectivity index (χ0) is 12.5. The molecule has 1 aromatic carbocycles. The molecule has 1 N–H and O–H groups in total. The van der Waals surface area contributed by atoms with Gasteiger partial charge in [0.05, 0.1) is 10.1 Å². The summed E-state index contributed by atoms with van der Waals surface area (Å²) in [7, 11) is -3.31. The van der Waals surface area contributed by atoms with Crippen molar-refractivity contribution in [2.24, 2.45) is 0 Å². The van der Waals surface area contributed by atoms with Crippen LogP contribution in [0.4, 0.5) is 4.39 Å². The molecule has 0 saturated carbocycles. The fourth-order valence-electron chi connectivity index (χ4n) is 2.09. The van der Waals surface area contributed by atoms with Crippen LogP contribution in [0.5, 0.6) is 0 Å². The molecule has 94 valence electrons. The van der Waals surface area contributed by atoms with Crippen LogP contribution in [-0.4, -0.2) is 26.8 Å². The van der Waals surface area contributed by atoms with Crippen LogP contribution >= 0.6 is 0 Å². The maximum Gasteiger partial charge on any atom is 0.181 e. The van der Waals surface area contributed by atoms with Gasteiger partial charge in [0.25, 0.3) is 0 Å². The van der Waals surface area contributed by atoms with Crippen LogP contribution in [0.25, 0.3) is 0 Å². The number of benzene rings is 1. The summed E-state index contributed by atoms with van der Waals surface area (Å²) >= 11 is 0. The second-order valence-corrected chi connectivity index (χ2v) is 6.63. The molecule has 3 nitrogen and oxygen atoms in total. The molecule has 2 rings (SSSR count). The summed E-state index contributed by atoms with van der Waals surface area (Å²) < 4.78 is 37.7. The van der Waals surface area contributed by atoms with Gasteiger partial charge >= 0.3 is 0 Å². The highest BCUT2D eigenvalue weighted by Crippen LogP contribution is 2.23. The highest BCUT2D eigenvalue weighted by molar-refractivity contribution is 7.92. The Hall–Kier alpha value is -0.940. The molecular weight excluding hydrogens is 241 g/mol. The van der Waals surface area contributed by atoms with Crippen LogP contribution in [0.2, 0.25) is 0 Å². The topological polar surface area (TPSA) is 46.2 Å². The Morgan fingerprint density at radius 1 is 1.29 bits per heavy atom. The molecule has 5 heteroatoms. The number of aryl methyl sites for hydroxylation is 1. The molecule has 0 unspecified atom stereocenters. The lowest BCUT2D eigenvalue weighted by Gasteiger charge is -2.22. The molecule has 17 heavy (non-hydrogen) atoms. The van der Waals surface area contributed by atoms with Crippen LogP contribution in [-0.2, 0) is 9.84 Å². The van der Waals surface area contributed by atoms with Gasteiger partial charge in [-0.25, -0.2) is 12.8 Å². The predicted octanol–water partition coefficient (Wildman–Crippen LogP) is 1.66. The van der Waals surface area contributed by atoms with Gasteiger partial charge in [0, 0.05) is 0 Å². The Bertz CT molecular complexity index is 507. The van der Waals surface area contributed by atoms with Crippen LogP contribution < -0.4 is 5.32 Å². The Morgan fingerprint density at radius 3 is 2.53 bits per heavy atom. The van der Waals surface area contributed by atoms with E-state index in [2.05, 4.69) is 5.32 Å². The van der Waals surface area contributed by atoms with Gasteiger partial charge in [-0.3, -0.25) is 0 Å². The van der Waals surface area contributed by atoms with E-state index < -0.39 is 9.84 Å². The highest BCUT2D eigenvalue weighted by Gasteiger charge is 2.28. The lowest BCUT2D eigenvalue weighted by Crippen LogP contribution is -2.35. The lowest BCUT2D eigenvalue weighted by molar-refractivity contribution is 0.496. The number of rotatable bonds is 2. The molecule has 0 amide bonds. The summed E-state index contributed by atoms with van der Waals surface area (Å²) in [5.41, 5.74) is 0.375. The first-order valence-corrected chi connectivity index (χ1v) is 7.27. The Labute approximate surface area is 101 Å². The van der Waals surface area contributed by atoms with E-state index in [-0.39, 0.29) is 16.0 Å². The zero-order valence-corrected chi connectivity index (χ0v) is 10.6. The Balaban J connectivity index is 2.33. The molecule has 1 aliphatic heterocycles. The molecule has 1 aliphatic rings. The molecule has 1 fully saturated rings. The summed E-state index contributed by atoms with van der Waals surface area (Å²) in [6, 6.07) is 4.01. The van der Waals surface area contributed by atoms with Crippen molar-refractivity contribution in [3.8, 4) is 0 Å². The first-order valence-electron chi connectivity index (χ1n) is 5.72. The van der Waals surface area contributed by atoms with E-state index in [1.165, 1.54) is 18.2 Å². The molecule has 1 saturated heterocycles. The van der Waals surface area contributed by atoms with Gasteiger partial charge in [-0.15, -0.1) is 0 Å². The Morgan fingerprint density at radius 2 is 1.94 bits per heavy atom. The number of halogens is 1. The summed E-state index contributed by atoms with van der Waals surface area (Å²) in [6.45, 7) is 3.03. The van der Waals surface area contributed by atoms with Gasteiger partial charge in [-0.1, -0.05) is 0 Å². The number of sulfone groups is 1. The first-order chi connectivity index (χ1) is 8.01. The van der Waals surface area contributed by atoms with Crippen LogP contribution in [0, 0.1) is 12.7 Å². The second kappa shape index (κ2) is 4.74. The summed E-state index contributed by atoms with van der Waals surface area (Å²) in [4.78, 5) is 0.239. The molecule has 1 aromatic rings. The minimum Gasteiger partial charge on any atom is -0.317 e. The van der Waals surface area contributed by atoms with Gasteiger partial charge in [-0.2, -0.15) is 0 Å². The maximum atomic E-state index is 13.1. The normalized spacial score (nSPS) is 18.2. The minimum atomic E-state index is -3.31. The van der Waals surface area contributed by atoms with Crippen molar-refractivity contribution in [1.29, 1.82) is 0 Å². The highest BCUT2D eigenvalue weighted by atomic mass is 32.2. The minimum absolute atomic E-state index is 0.239. The van der Waals surface area contributed by atoms with Crippen LogP contribution in [0.15, 0.2) is 23.1 Å². The van der Waals surface area contributed by atoms with E-state index in [1.54, 1.807) is 6.92 Å². The smallest absolute Gasteiger partial charge is 0.181 e. The third-order valence-electron chi connectivity index (χ3n) is 3.18. The van der Waals surface area contributed by atoms with E-state index in [4.69, 9.17) is 0 Å². The second-order valence-electron chi connectivity index (χ2n) is 4.41. The molecule has 0 radical (unpaired) electrons. The quantitative estimate of drug-likeness (QED) is 0.820. The number of hydrogen-bond donors (Lipinski definition) is 1. The van der Waals surface area contributed by atoms with Crippen molar-refractivity contribution in [2.45, 2.75) is 29.9 Å².